The molecule has 0 aromatic heterocycles. The van der Waals surface area contributed by atoms with Crippen LogP contribution in [0.5, 0.6) is 0 Å². The van der Waals surface area contributed by atoms with Gasteiger partial charge < -0.3 is 10.6 Å². The van der Waals surface area contributed by atoms with E-state index in [-0.39, 0.29) is 4.90 Å². The van der Waals surface area contributed by atoms with Crippen molar-refractivity contribution in [2.75, 3.05) is 11.9 Å². The van der Waals surface area contributed by atoms with Crippen LogP contribution in [0.2, 0.25) is 0 Å². The van der Waals surface area contributed by atoms with Crippen molar-refractivity contribution in [3.63, 3.8) is 0 Å². The van der Waals surface area contributed by atoms with Crippen molar-refractivity contribution in [3.05, 3.63) is 54.1 Å². The summed E-state index contributed by atoms with van der Waals surface area (Å²) in [7, 11) is -3.72. The van der Waals surface area contributed by atoms with Crippen LogP contribution in [0.25, 0.3) is 0 Å². The van der Waals surface area contributed by atoms with Crippen molar-refractivity contribution < 1.29 is 22.0 Å². The zero-order chi connectivity index (χ0) is 19.2. The van der Waals surface area contributed by atoms with E-state index < -0.39 is 21.8 Å². The molecular weight excluding hydrogens is 384 g/mol. The van der Waals surface area contributed by atoms with Crippen molar-refractivity contribution in [1.29, 1.82) is 0 Å². The standard InChI is InChI=1S/C16H17F2N3O3S2/c17-15(18)25-13-5-3-12(4-6-13)21-16(22)20-10-9-11-1-7-14(8-2-11)26(19,23)24/h1-8,15H,9-10H2,(H2,19,23,24)(H2,20,21,22). The molecule has 0 saturated heterocycles. The third-order valence-electron chi connectivity index (χ3n) is 3.29. The van der Waals surface area contributed by atoms with Crippen LogP contribution < -0.4 is 15.8 Å². The number of urea groups is 1. The van der Waals surface area contributed by atoms with Gasteiger partial charge in [-0.25, -0.2) is 18.4 Å². The Balaban J connectivity index is 1.78. The molecule has 140 valence electrons. The normalized spacial score (nSPS) is 11.4. The lowest BCUT2D eigenvalue weighted by molar-refractivity contribution is 0.251. The number of hydrogen-bond acceptors (Lipinski definition) is 4. The van der Waals surface area contributed by atoms with Crippen LogP contribution in [0.15, 0.2) is 58.3 Å². The summed E-state index contributed by atoms with van der Waals surface area (Å²) in [5.41, 5.74) is 1.32. The first-order valence-corrected chi connectivity index (χ1v) is 9.88. The number of sulfonamides is 1. The monoisotopic (exact) mass is 401 g/mol. The summed E-state index contributed by atoms with van der Waals surface area (Å²) in [5.74, 6) is -2.49. The number of hydrogen-bond donors (Lipinski definition) is 3. The molecule has 0 spiro atoms. The van der Waals surface area contributed by atoms with Crippen molar-refractivity contribution in [3.8, 4) is 0 Å². The van der Waals surface area contributed by atoms with E-state index >= 15 is 0 Å². The van der Waals surface area contributed by atoms with E-state index in [1.165, 1.54) is 36.4 Å². The fourth-order valence-electron chi connectivity index (χ4n) is 2.06. The molecule has 0 atom stereocenters. The van der Waals surface area contributed by atoms with Crippen LogP contribution >= 0.6 is 11.8 Å². The molecule has 0 heterocycles. The van der Waals surface area contributed by atoms with Crippen LogP contribution in [-0.2, 0) is 16.4 Å². The van der Waals surface area contributed by atoms with Gasteiger partial charge in [0.15, 0.2) is 0 Å². The summed E-state index contributed by atoms with van der Waals surface area (Å²) in [6.07, 6.45) is 0.502. The van der Waals surface area contributed by atoms with Crippen molar-refractivity contribution in [2.45, 2.75) is 22.0 Å². The first kappa shape index (κ1) is 20.1. The average Bonchev–Trinajstić information content (AvgIpc) is 2.56. The number of carbonyl (C=O) groups excluding carboxylic acids is 1. The Kier molecular flexibility index (Phi) is 6.95. The molecule has 26 heavy (non-hydrogen) atoms. The van der Waals surface area contributed by atoms with Gasteiger partial charge in [0.05, 0.1) is 4.90 Å². The minimum atomic E-state index is -3.72. The molecule has 2 aromatic rings. The summed E-state index contributed by atoms with van der Waals surface area (Å²) >= 11 is 0.433. The molecule has 0 saturated carbocycles. The topological polar surface area (TPSA) is 101 Å². The van der Waals surface area contributed by atoms with Gasteiger partial charge in [0.25, 0.3) is 5.76 Å². The first-order valence-electron chi connectivity index (χ1n) is 7.45. The molecule has 10 heteroatoms. The van der Waals surface area contributed by atoms with E-state index in [0.29, 0.717) is 35.3 Å². The summed E-state index contributed by atoms with van der Waals surface area (Å²) in [6, 6.07) is 11.7. The summed E-state index contributed by atoms with van der Waals surface area (Å²) < 4.78 is 46.8. The highest BCUT2D eigenvalue weighted by Gasteiger charge is 2.08. The lowest BCUT2D eigenvalue weighted by atomic mass is 10.1. The van der Waals surface area contributed by atoms with Crippen LogP contribution in [0.4, 0.5) is 19.3 Å². The Hall–Kier alpha value is -2.17. The molecule has 0 radical (unpaired) electrons. The van der Waals surface area contributed by atoms with Gasteiger partial charge in [0.1, 0.15) is 0 Å². The molecule has 2 aromatic carbocycles. The Morgan fingerprint density at radius 1 is 1.08 bits per heavy atom. The van der Waals surface area contributed by atoms with E-state index in [1.807, 2.05) is 0 Å². The van der Waals surface area contributed by atoms with Gasteiger partial charge in [-0.05, 0) is 48.4 Å². The number of anilines is 1. The maximum absolute atomic E-state index is 12.2. The number of thioether (sulfide) groups is 1. The molecule has 0 fully saturated rings. The zero-order valence-electron chi connectivity index (χ0n) is 13.5. The van der Waals surface area contributed by atoms with Gasteiger partial charge in [-0.2, -0.15) is 8.78 Å². The van der Waals surface area contributed by atoms with Crippen molar-refractivity contribution in [2.24, 2.45) is 5.14 Å². The molecule has 2 rings (SSSR count). The second kappa shape index (κ2) is 8.97. The van der Waals surface area contributed by atoms with E-state index in [2.05, 4.69) is 10.6 Å². The Bertz CT molecular complexity index is 842. The Morgan fingerprint density at radius 2 is 1.69 bits per heavy atom. The Labute approximate surface area is 154 Å². The summed E-state index contributed by atoms with van der Waals surface area (Å²) in [5, 5.41) is 10.3. The zero-order valence-corrected chi connectivity index (χ0v) is 15.1. The average molecular weight is 401 g/mol. The minimum Gasteiger partial charge on any atom is -0.338 e. The maximum atomic E-state index is 12.2. The van der Waals surface area contributed by atoms with Crippen molar-refractivity contribution >= 4 is 33.5 Å². The highest BCUT2D eigenvalue weighted by molar-refractivity contribution is 7.99. The highest BCUT2D eigenvalue weighted by Crippen LogP contribution is 2.26. The maximum Gasteiger partial charge on any atom is 0.319 e. The van der Waals surface area contributed by atoms with Gasteiger partial charge in [0, 0.05) is 17.1 Å². The fraction of sp³-hybridized carbons (Fsp3) is 0.188. The van der Waals surface area contributed by atoms with Gasteiger partial charge in [-0.1, -0.05) is 23.9 Å². The van der Waals surface area contributed by atoms with Gasteiger partial charge in [-0.15, -0.1) is 0 Å². The second-order valence-corrected chi connectivity index (χ2v) is 7.85. The summed E-state index contributed by atoms with van der Waals surface area (Å²) in [6.45, 7) is 0.333. The minimum absolute atomic E-state index is 0.0282. The number of rotatable bonds is 7. The molecule has 0 bridgehead atoms. The number of primary sulfonamides is 1. The fourth-order valence-corrected chi connectivity index (χ4v) is 3.08. The highest BCUT2D eigenvalue weighted by atomic mass is 32.2. The smallest absolute Gasteiger partial charge is 0.319 e. The number of halogens is 2. The second-order valence-electron chi connectivity index (χ2n) is 5.22. The van der Waals surface area contributed by atoms with Gasteiger partial charge >= 0.3 is 6.03 Å². The lowest BCUT2D eigenvalue weighted by Crippen LogP contribution is -2.30. The van der Waals surface area contributed by atoms with Gasteiger partial charge in [-0.3, -0.25) is 0 Å². The molecular formula is C16H17F2N3O3S2. The molecule has 0 aliphatic carbocycles. The molecule has 0 aliphatic rings. The van der Waals surface area contributed by atoms with Gasteiger partial charge in [0.2, 0.25) is 10.0 Å². The predicted molar refractivity (Wildman–Crippen MR) is 96.8 cm³/mol. The number of nitrogens with two attached hydrogens (primary N) is 1. The number of carbonyl (C=O) groups is 1. The number of nitrogens with one attached hydrogen (secondary N) is 2. The number of alkyl halides is 2. The molecule has 0 unspecified atom stereocenters. The van der Waals surface area contributed by atoms with E-state index in [1.54, 1.807) is 12.1 Å². The third kappa shape index (κ3) is 6.62. The van der Waals surface area contributed by atoms with E-state index in [4.69, 9.17) is 5.14 Å². The quantitative estimate of drug-likeness (QED) is 0.621. The largest absolute Gasteiger partial charge is 0.338 e. The predicted octanol–water partition coefficient (Wildman–Crippen LogP) is 3.01. The van der Waals surface area contributed by atoms with Crippen LogP contribution in [0.3, 0.4) is 0 Å². The SMILES string of the molecule is NS(=O)(=O)c1ccc(CCNC(=O)Nc2ccc(SC(F)F)cc2)cc1. The van der Waals surface area contributed by atoms with Crippen LogP contribution in [0.1, 0.15) is 5.56 Å². The Morgan fingerprint density at radius 3 is 2.23 bits per heavy atom. The third-order valence-corrected chi connectivity index (χ3v) is 4.94. The molecule has 2 amide bonds. The molecule has 6 nitrogen and oxygen atoms in total. The summed E-state index contributed by atoms with van der Waals surface area (Å²) in [4.78, 5) is 12.2. The van der Waals surface area contributed by atoms with Crippen LogP contribution in [-0.4, -0.2) is 26.8 Å². The van der Waals surface area contributed by atoms with Crippen LogP contribution in [0, 0.1) is 0 Å². The van der Waals surface area contributed by atoms with E-state index in [9.17, 15) is 22.0 Å². The first-order chi connectivity index (χ1) is 12.2. The van der Waals surface area contributed by atoms with Crippen molar-refractivity contribution in [1.82, 2.24) is 5.32 Å². The van der Waals surface area contributed by atoms with E-state index in [0.717, 1.165) is 5.56 Å². The number of benzene rings is 2. The number of amides is 2. The molecule has 0 aliphatic heterocycles. The molecule has 4 N–H and O–H groups in total. The lowest BCUT2D eigenvalue weighted by Gasteiger charge is -2.09.